The van der Waals surface area contributed by atoms with Gasteiger partial charge < -0.3 is 15.0 Å². The highest BCUT2D eigenvalue weighted by Gasteiger charge is 2.21. The predicted molar refractivity (Wildman–Crippen MR) is 74.9 cm³/mol. The number of nitrogens with zero attached hydrogens (tertiary/aromatic N) is 2. The number of hydrogen-bond acceptors (Lipinski definition) is 4. The summed E-state index contributed by atoms with van der Waals surface area (Å²) in [7, 11) is 4.11. The standard InChI is InChI=1S/C14H25N3O/c1-6-15-10-12-7-8-16-13(9-12)18-11-14(2,3)17(4)5/h7-9,15H,6,10-11H2,1-5H3. The van der Waals surface area contributed by atoms with Crippen molar-refractivity contribution in [3.8, 4) is 5.88 Å². The number of aromatic nitrogens is 1. The Bertz CT molecular complexity index is 364. The van der Waals surface area contributed by atoms with E-state index in [1.165, 1.54) is 5.56 Å². The Morgan fingerprint density at radius 1 is 1.39 bits per heavy atom. The van der Waals surface area contributed by atoms with E-state index in [-0.39, 0.29) is 5.54 Å². The number of likely N-dealkylation sites (N-methyl/N-ethyl adjacent to an activating group) is 1. The second kappa shape index (κ2) is 6.71. The first-order valence-electron chi connectivity index (χ1n) is 6.41. The predicted octanol–water partition coefficient (Wildman–Crippen LogP) is 1.91. The molecule has 0 radical (unpaired) electrons. The molecule has 1 aromatic rings. The number of nitrogens with one attached hydrogen (secondary N) is 1. The molecular weight excluding hydrogens is 226 g/mol. The first kappa shape index (κ1) is 14.9. The summed E-state index contributed by atoms with van der Waals surface area (Å²) >= 11 is 0. The highest BCUT2D eigenvalue weighted by Crippen LogP contribution is 2.14. The van der Waals surface area contributed by atoms with Crippen molar-refractivity contribution in [2.24, 2.45) is 0 Å². The van der Waals surface area contributed by atoms with Gasteiger partial charge in [0, 0.05) is 24.3 Å². The molecule has 18 heavy (non-hydrogen) atoms. The minimum absolute atomic E-state index is 0.000642. The molecule has 0 atom stereocenters. The first-order valence-corrected chi connectivity index (χ1v) is 6.41. The minimum Gasteiger partial charge on any atom is -0.476 e. The molecule has 0 spiro atoms. The lowest BCUT2D eigenvalue weighted by Crippen LogP contribution is -2.43. The Labute approximate surface area is 110 Å². The maximum atomic E-state index is 5.77. The summed E-state index contributed by atoms with van der Waals surface area (Å²) in [6.07, 6.45) is 1.80. The molecule has 0 aliphatic carbocycles. The molecule has 0 saturated heterocycles. The van der Waals surface area contributed by atoms with Crippen molar-refractivity contribution in [1.29, 1.82) is 0 Å². The largest absolute Gasteiger partial charge is 0.476 e. The topological polar surface area (TPSA) is 37.4 Å². The Morgan fingerprint density at radius 3 is 2.72 bits per heavy atom. The monoisotopic (exact) mass is 251 g/mol. The Kier molecular flexibility index (Phi) is 5.56. The molecule has 1 rings (SSSR count). The third kappa shape index (κ3) is 4.63. The normalized spacial score (nSPS) is 11.9. The van der Waals surface area contributed by atoms with E-state index in [0.717, 1.165) is 13.1 Å². The zero-order chi connectivity index (χ0) is 13.6. The second-order valence-corrected chi connectivity index (χ2v) is 5.28. The molecule has 0 saturated carbocycles. The van der Waals surface area contributed by atoms with Gasteiger partial charge in [-0.05, 0) is 46.1 Å². The van der Waals surface area contributed by atoms with Crippen LogP contribution in [0.2, 0.25) is 0 Å². The van der Waals surface area contributed by atoms with E-state index in [2.05, 4.69) is 50.1 Å². The van der Waals surface area contributed by atoms with Crippen molar-refractivity contribution in [2.45, 2.75) is 32.9 Å². The van der Waals surface area contributed by atoms with Crippen LogP contribution in [-0.2, 0) is 6.54 Å². The van der Waals surface area contributed by atoms with Gasteiger partial charge in [0.1, 0.15) is 6.61 Å². The lowest BCUT2D eigenvalue weighted by Gasteiger charge is -2.31. The van der Waals surface area contributed by atoms with E-state index in [1.54, 1.807) is 6.20 Å². The third-order valence-electron chi connectivity index (χ3n) is 3.16. The zero-order valence-electron chi connectivity index (χ0n) is 12.2. The Hall–Kier alpha value is -1.13. The second-order valence-electron chi connectivity index (χ2n) is 5.28. The van der Waals surface area contributed by atoms with Crippen LogP contribution in [0.25, 0.3) is 0 Å². The van der Waals surface area contributed by atoms with Gasteiger partial charge >= 0.3 is 0 Å². The van der Waals surface area contributed by atoms with Gasteiger partial charge in [0.15, 0.2) is 0 Å². The van der Waals surface area contributed by atoms with E-state index in [9.17, 15) is 0 Å². The Morgan fingerprint density at radius 2 is 2.11 bits per heavy atom. The lowest BCUT2D eigenvalue weighted by molar-refractivity contribution is 0.111. The number of rotatable bonds is 7. The van der Waals surface area contributed by atoms with Gasteiger partial charge in [-0.25, -0.2) is 4.98 Å². The average molecular weight is 251 g/mol. The summed E-state index contributed by atoms with van der Waals surface area (Å²) in [5.41, 5.74) is 1.20. The molecule has 0 aliphatic rings. The SMILES string of the molecule is CCNCc1ccnc(OCC(C)(C)N(C)C)c1. The summed E-state index contributed by atoms with van der Waals surface area (Å²) in [5, 5.41) is 3.29. The van der Waals surface area contributed by atoms with Crippen molar-refractivity contribution in [3.63, 3.8) is 0 Å². The molecule has 1 N–H and O–H groups in total. The molecule has 0 amide bonds. The van der Waals surface area contributed by atoms with Crippen LogP contribution in [0.4, 0.5) is 0 Å². The Balaban J connectivity index is 2.57. The fourth-order valence-electron chi connectivity index (χ4n) is 1.29. The van der Waals surface area contributed by atoms with Crippen LogP contribution in [0.5, 0.6) is 5.88 Å². The number of hydrogen-bond donors (Lipinski definition) is 1. The number of pyridine rings is 1. The van der Waals surface area contributed by atoms with Crippen molar-refractivity contribution in [1.82, 2.24) is 15.2 Å². The van der Waals surface area contributed by atoms with E-state index in [4.69, 9.17) is 4.74 Å². The van der Waals surface area contributed by atoms with Crippen molar-refractivity contribution < 1.29 is 4.74 Å². The fourth-order valence-corrected chi connectivity index (χ4v) is 1.29. The van der Waals surface area contributed by atoms with E-state index in [0.29, 0.717) is 12.5 Å². The van der Waals surface area contributed by atoms with Gasteiger partial charge in [0.2, 0.25) is 5.88 Å². The minimum atomic E-state index is -0.000642. The summed E-state index contributed by atoms with van der Waals surface area (Å²) < 4.78 is 5.77. The molecular formula is C14H25N3O. The maximum absolute atomic E-state index is 5.77. The molecule has 0 aliphatic heterocycles. The molecule has 0 bridgehead atoms. The van der Waals surface area contributed by atoms with Gasteiger partial charge in [-0.1, -0.05) is 6.92 Å². The van der Waals surface area contributed by atoms with Gasteiger partial charge in [-0.2, -0.15) is 0 Å². The van der Waals surface area contributed by atoms with Crippen LogP contribution >= 0.6 is 0 Å². The van der Waals surface area contributed by atoms with E-state index in [1.807, 2.05) is 12.1 Å². The maximum Gasteiger partial charge on any atom is 0.213 e. The van der Waals surface area contributed by atoms with Crippen LogP contribution in [0.1, 0.15) is 26.3 Å². The van der Waals surface area contributed by atoms with Crippen LogP contribution in [0.3, 0.4) is 0 Å². The van der Waals surface area contributed by atoms with E-state index < -0.39 is 0 Å². The molecule has 1 heterocycles. The smallest absolute Gasteiger partial charge is 0.213 e. The van der Waals surface area contributed by atoms with Crippen LogP contribution < -0.4 is 10.1 Å². The van der Waals surface area contributed by atoms with Gasteiger partial charge in [0.25, 0.3) is 0 Å². The summed E-state index contributed by atoms with van der Waals surface area (Å²) in [6.45, 7) is 8.83. The van der Waals surface area contributed by atoms with Crippen molar-refractivity contribution in [3.05, 3.63) is 23.9 Å². The lowest BCUT2D eigenvalue weighted by atomic mass is 10.1. The van der Waals surface area contributed by atoms with Gasteiger partial charge in [0.05, 0.1) is 0 Å². The molecule has 1 aromatic heterocycles. The molecule has 102 valence electrons. The molecule has 4 nitrogen and oxygen atoms in total. The highest BCUT2D eigenvalue weighted by atomic mass is 16.5. The average Bonchev–Trinajstić information content (AvgIpc) is 2.34. The highest BCUT2D eigenvalue weighted by molar-refractivity contribution is 5.20. The molecule has 0 unspecified atom stereocenters. The van der Waals surface area contributed by atoms with Crippen molar-refractivity contribution in [2.75, 3.05) is 27.2 Å². The van der Waals surface area contributed by atoms with Crippen LogP contribution in [0, 0.1) is 0 Å². The summed E-state index contributed by atoms with van der Waals surface area (Å²) in [4.78, 5) is 6.39. The van der Waals surface area contributed by atoms with E-state index >= 15 is 0 Å². The summed E-state index contributed by atoms with van der Waals surface area (Å²) in [6, 6.07) is 4.00. The molecule has 0 fully saturated rings. The van der Waals surface area contributed by atoms with Crippen LogP contribution in [-0.4, -0.2) is 42.7 Å². The zero-order valence-corrected chi connectivity index (χ0v) is 12.2. The number of ether oxygens (including phenoxy) is 1. The first-order chi connectivity index (χ1) is 8.45. The van der Waals surface area contributed by atoms with Gasteiger partial charge in [-0.3, -0.25) is 0 Å². The molecule has 4 heteroatoms. The fraction of sp³-hybridized carbons (Fsp3) is 0.643. The van der Waals surface area contributed by atoms with Gasteiger partial charge in [-0.15, -0.1) is 0 Å². The third-order valence-corrected chi connectivity index (χ3v) is 3.16. The van der Waals surface area contributed by atoms with Crippen LogP contribution in [0.15, 0.2) is 18.3 Å². The van der Waals surface area contributed by atoms with Crippen molar-refractivity contribution >= 4 is 0 Å². The molecule has 0 aromatic carbocycles. The summed E-state index contributed by atoms with van der Waals surface area (Å²) in [5.74, 6) is 0.695. The quantitative estimate of drug-likeness (QED) is 0.803.